The average molecular weight is 409 g/mol. The van der Waals surface area contributed by atoms with Crippen molar-refractivity contribution in [3.05, 3.63) is 36.0 Å². The van der Waals surface area contributed by atoms with E-state index in [9.17, 15) is 14.4 Å². The van der Waals surface area contributed by atoms with Crippen LogP contribution in [0.1, 0.15) is 37.7 Å². The molecule has 0 bridgehead atoms. The number of Topliss-reactive ketones (excluding diaryl/α,β-unsaturated/α-hetero) is 1. The highest BCUT2D eigenvalue weighted by atomic mass is 16.2. The second-order valence-corrected chi connectivity index (χ2v) is 9.14. The summed E-state index contributed by atoms with van der Waals surface area (Å²) in [6.45, 7) is 0.662. The molecule has 0 spiro atoms. The number of nitrogens with two attached hydrogens (primary N) is 1. The minimum atomic E-state index is -1.18. The molecule has 5 rings (SSSR count). The van der Waals surface area contributed by atoms with Crippen LogP contribution in [0.3, 0.4) is 0 Å². The Balaban J connectivity index is 1.55. The number of para-hydroxylation sites is 1. The third-order valence-electron chi connectivity index (χ3n) is 7.41. The summed E-state index contributed by atoms with van der Waals surface area (Å²) >= 11 is 0. The van der Waals surface area contributed by atoms with E-state index in [1.807, 2.05) is 30.5 Å². The molecule has 3 fully saturated rings. The van der Waals surface area contributed by atoms with E-state index < -0.39 is 29.1 Å². The van der Waals surface area contributed by atoms with E-state index in [4.69, 9.17) is 5.73 Å². The molecule has 2 aromatic rings. The van der Waals surface area contributed by atoms with Crippen molar-refractivity contribution in [2.24, 2.45) is 23.5 Å². The lowest BCUT2D eigenvalue weighted by Crippen LogP contribution is -2.64. The first-order chi connectivity index (χ1) is 14.5. The number of hydrogen-bond donors (Lipinski definition) is 4. The van der Waals surface area contributed by atoms with Crippen molar-refractivity contribution in [3.8, 4) is 0 Å². The third-order valence-corrected chi connectivity index (χ3v) is 7.41. The SMILES string of the molecule is NC(=O)C1([C@H](Cc2c[nH]c3ccccc23)C(=O)C(=O)NC2CC2)NCC2CCCC21. The smallest absolute Gasteiger partial charge is 0.287 e. The van der Waals surface area contributed by atoms with E-state index in [-0.39, 0.29) is 12.0 Å². The molecular formula is C23H28N4O3. The number of hydrogen-bond acceptors (Lipinski definition) is 4. The standard InChI is InChI=1S/C23H28N4O3/c24-22(30)23(17-6-3-4-13(17)12-26-23)18(20(28)21(29)27-15-8-9-15)10-14-11-25-19-7-2-1-5-16(14)19/h1-2,5,7,11,13,15,17-18,25-26H,3-4,6,8-10,12H2,(H2,24,30)(H,27,29)/t13?,17?,18-,23?/m1/s1. The molecule has 30 heavy (non-hydrogen) atoms. The molecule has 2 saturated carbocycles. The summed E-state index contributed by atoms with van der Waals surface area (Å²) in [6.07, 6.45) is 6.86. The maximum Gasteiger partial charge on any atom is 0.287 e. The van der Waals surface area contributed by atoms with Gasteiger partial charge in [0.15, 0.2) is 0 Å². The second-order valence-electron chi connectivity index (χ2n) is 9.14. The summed E-state index contributed by atoms with van der Waals surface area (Å²) < 4.78 is 0. The van der Waals surface area contributed by atoms with Gasteiger partial charge in [-0.05, 0) is 62.1 Å². The number of aromatic nitrogens is 1. The number of carbonyl (C=O) groups is 3. The lowest BCUT2D eigenvalue weighted by molar-refractivity contribution is -0.145. The number of amides is 2. The number of fused-ring (bicyclic) bond motifs is 2. The third kappa shape index (κ3) is 3.03. The van der Waals surface area contributed by atoms with E-state index in [1.54, 1.807) is 0 Å². The lowest BCUT2D eigenvalue weighted by atomic mass is 9.68. The van der Waals surface area contributed by atoms with Gasteiger partial charge >= 0.3 is 0 Å². The number of primary amides is 1. The summed E-state index contributed by atoms with van der Waals surface area (Å²) in [7, 11) is 0. The highest BCUT2D eigenvalue weighted by Gasteiger charge is 2.60. The molecule has 2 amide bonds. The molecule has 1 aromatic carbocycles. The molecule has 1 aromatic heterocycles. The van der Waals surface area contributed by atoms with Gasteiger partial charge in [0.2, 0.25) is 11.7 Å². The molecular weight excluding hydrogens is 380 g/mol. The predicted molar refractivity (Wildman–Crippen MR) is 112 cm³/mol. The van der Waals surface area contributed by atoms with Crippen LogP contribution in [-0.2, 0) is 20.8 Å². The molecule has 1 aliphatic heterocycles. The van der Waals surface area contributed by atoms with Gasteiger partial charge in [0.25, 0.3) is 5.91 Å². The van der Waals surface area contributed by atoms with Crippen LogP contribution in [0.2, 0.25) is 0 Å². The summed E-state index contributed by atoms with van der Waals surface area (Å²) in [5, 5.41) is 7.16. The molecule has 7 nitrogen and oxygen atoms in total. The maximum absolute atomic E-state index is 13.5. The van der Waals surface area contributed by atoms with Crippen LogP contribution in [0.5, 0.6) is 0 Å². The number of rotatable bonds is 7. The van der Waals surface area contributed by atoms with Gasteiger partial charge in [-0.1, -0.05) is 24.6 Å². The fourth-order valence-electron chi connectivity index (χ4n) is 5.76. The zero-order valence-electron chi connectivity index (χ0n) is 16.9. The fourth-order valence-corrected chi connectivity index (χ4v) is 5.76. The van der Waals surface area contributed by atoms with E-state index in [1.165, 1.54) is 0 Å². The number of aromatic amines is 1. The largest absolute Gasteiger partial charge is 0.368 e. The number of H-pyrrole nitrogens is 1. The average Bonchev–Trinajstić information content (AvgIpc) is 3.14. The van der Waals surface area contributed by atoms with Crippen molar-refractivity contribution in [1.29, 1.82) is 0 Å². The van der Waals surface area contributed by atoms with Gasteiger partial charge in [0.1, 0.15) is 5.54 Å². The zero-order chi connectivity index (χ0) is 20.9. The molecule has 3 unspecified atom stereocenters. The normalized spacial score (nSPS) is 28.9. The van der Waals surface area contributed by atoms with Crippen LogP contribution in [0.4, 0.5) is 0 Å². The van der Waals surface area contributed by atoms with Crippen molar-refractivity contribution in [1.82, 2.24) is 15.6 Å². The Bertz CT molecular complexity index is 1010. The van der Waals surface area contributed by atoms with Gasteiger partial charge in [0.05, 0.1) is 5.92 Å². The predicted octanol–water partition coefficient (Wildman–Crippen LogP) is 1.42. The van der Waals surface area contributed by atoms with Gasteiger partial charge in [-0.15, -0.1) is 0 Å². The van der Waals surface area contributed by atoms with E-state index in [0.717, 1.165) is 48.6 Å². The monoisotopic (exact) mass is 408 g/mol. The highest BCUT2D eigenvalue weighted by Crippen LogP contribution is 2.48. The minimum absolute atomic E-state index is 0.0112. The number of ketones is 1. The van der Waals surface area contributed by atoms with Gasteiger partial charge in [-0.25, -0.2) is 0 Å². The van der Waals surface area contributed by atoms with Crippen LogP contribution >= 0.6 is 0 Å². The van der Waals surface area contributed by atoms with E-state index in [2.05, 4.69) is 15.6 Å². The van der Waals surface area contributed by atoms with Crippen LogP contribution in [0, 0.1) is 17.8 Å². The van der Waals surface area contributed by atoms with Crippen molar-refractivity contribution >= 4 is 28.5 Å². The summed E-state index contributed by atoms with van der Waals surface area (Å²) in [5.74, 6) is -2.17. The maximum atomic E-state index is 13.5. The Labute approximate surface area is 175 Å². The van der Waals surface area contributed by atoms with Gasteiger partial charge in [-0.2, -0.15) is 0 Å². The second kappa shape index (κ2) is 7.23. The molecule has 2 aliphatic carbocycles. The molecule has 3 aliphatic rings. The van der Waals surface area contributed by atoms with Crippen LogP contribution in [0.25, 0.3) is 10.9 Å². The van der Waals surface area contributed by atoms with Crippen molar-refractivity contribution in [2.75, 3.05) is 6.54 Å². The van der Waals surface area contributed by atoms with Crippen LogP contribution in [-0.4, -0.2) is 40.7 Å². The molecule has 158 valence electrons. The van der Waals surface area contributed by atoms with E-state index >= 15 is 0 Å². The fraction of sp³-hybridized carbons (Fsp3) is 0.522. The molecule has 7 heteroatoms. The Hall–Kier alpha value is -2.67. The van der Waals surface area contributed by atoms with E-state index in [0.29, 0.717) is 18.9 Å². The Kier molecular flexibility index (Phi) is 4.65. The van der Waals surface area contributed by atoms with Gasteiger partial charge < -0.3 is 21.4 Å². The Morgan fingerprint density at radius 1 is 1.17 bits per heavy atom. The summed E-state index contributed by atoms with van der Waals surface area (Å²) in [6, 6.07) is 7.93. The highest BCUT2D eigenvalue weighted by molar-refractivity contribution is 6.38. The Morgan fingerprint density at radius 2 is 1.97 bits per heavy atom. The first kappa shape index (κ1) is 19.3. The first-order valence-corrected chi connectivity index (χ1v) is 11.0. The quantitative estimate of drug-likeness (QED) is 0.518. The molecule has 5 N–H and O–H groups in total. The number of carbonyl (C=O) groups excluding carboxylic acids is 3. The number of benzene rings is 1. The lowest BCUT2D eigenvalue weighted by Gasteiger charge is -2.38. The summed E-state index contributed by atoms with van der Waals surface area (Å²) in [5.41, 5.74) is 6.69. The molecule has 4 atom stereocenters. The number of nitrogens with one attached hydrogen (secondary N) is 3. The topological polar surface area (TPSA) is 117 Å². The van der Waals surface area contributed by atoms with Gasteiger partial charge in [-0.3, -0.25) is 14.4 Å². The van der Waals surface area contributed by atoms with Crippen molar-refractivity contribution in [2.45, 2.75) is 50.1 Å². The minimum Gasteiger partial charge on any atom is -0.368 e. The molecule has 1 saturated heterocycles. The van der Waals surface area contributed by atoms with Crippen LogP contribution < -0.4 is 16.4 Å². The van der Waals surface area contributed by atoms with Crippen molar-refractivity contribution < 1.29 is 14.4 Å². The first-order valence-electron chi connectivity index (χ1n) is 11.0. The molecule has 0 radical (unpaired) electrons. The Morgan fingerprint density at radius 3 is 2.73 bits per heavy atom. The van der Waals surface area contributed by atoms with Crippen LogP contribution in [0.15, 0.2) is 30.5 Å². The van der Waals surface area contributed by atoms with Gasteiger partial charge in [0, 0.05) is 23.1 Å². The summed E-state index contributed by atoms with van der Waals surface area (Å²) in [4.78, 5) is 42.4. The molecule has 2 heterocycles. The zero-order valence-corrected chi connectivity index (χ0v) is 16.9. The van der Waals surface area contributed by atoms with Crippen molar-refractivity contribution in [3.63, 3.8) is 0 Å².